The van der Waals surface area contributed by atoms with Crippen molar-refractivity contribution in [2.75, 3.05) is 37.4 Å². The minimum atomic E-state index is -0.413. The van der Waals surface area contributed by atoms with E-state index in [2.05, 4.69) is 27.0 Å². The molecule has 1 aliphatic heterocycles. The molecule has 186 valence electrons. The number of hydrogen-bond donors (Lipinski definition) is 3. The maximum Gasteiger partial charge on any atom is 0.322 e. The van der Waals surface area contributed by atoms with E-state index in [1.54, 1.807) is 7.11 Å². The summed E-state index contributed by atoms with van der Waals surface area (Å²) in [6.07, 6.45) is 1.67. The number of benzene rings is 3. The molecule has 1 fully saturated rings. The zero-order chi connectivity index (χ0) is 25.5. The van der Waals surface area contributed by atoms with Crippen molar-refractivity contribution in [3.8, 4) is 11.9 Å². The largest absolute Gasteiger partial charge is 0.495 e. The molecule has 0 aliphatic carbocycles. The molecule has 4 rings (SSSR count). The molecule has 0 radical (unpaired) electrons. The number of anilines is 2. The van der Waals surface area contributed by atoms with Crippen LogP contribution in [0.2, 0.25) is 0 Å². The molecule has 0 aromatic heterocycles. The van der Waals surface area contributed by atoms with E-state index in [9.17, 15) is 10.1 Å². The number of carbonyl (C=O) groups is 1. The minimum absolute atomic E-state index is 0.191. The van der Waals surface area contributed by atoms with Crippen molar-refractivity contribution >= 4 is 17.4 Å². The first-order valence-electron chi connectivity index (χ1n) is 12.0. The lowest BCUT2D eigenvalue weighted by Crippen LogP contribution is -2.59. The quantitative estimate of drug-likeness (QED) is 0.256. The molecule has 3 aromatic carbocycles. The van der Waals surface area contributed by atoms with Crippen molar-refractivity contribution in [2.45, 2.75) is 26.2 Å². The topological polar surface area (TPSA) is 92.7 Å². The van der Waals surface area contributed by atoms with Crippen molar-refractivity contribution in [3.63, 3.8) is 0 Å². The third kappa shape index (κ3) is 5.70. The molecule has 3 aromatic rings. The van der Waals surface area contributed by atoms with Gasteiger partial charge in [-0.2, -0.15) is 5.26 Å². The van der Waals surface area contributed by atoms with Crippen LogP contribution in [0, 0.1) is 25.3 Å². The molecule has 1 aliphatic rings. The number of nitriles is 1. The molecule has 3 N–H and O–H groups in total. The van der Waals surface area contributed by atoms with E-state index < -0.39 is 6.29 Å². The molecule has 2 atom stereocenters. The molecule has 2 unspecified atom stereocenters. The molecule has 0 bridgehead atoms. The van der Waals surface area contributed by atoms with Gasteiger partial charge in [-0.25, -0.2) is 4.79 Å². The highest BCUT2D eigenvalue weighted by Crippen LogP contribution is 2.30. The van der Waals surface area contributed by atoms with Gasteiger partial charge in [0.15, 0.2) is 12.5 Å². The third-order valence-corrected chi connectivity index (χ3v) is 6.46. The predicted octanol–water partition coefficient (Wildman–Crippen LogP) is 4.67. The Morgan fingerprint density at radius 2 is 1.78 bits per heavy atom. The summed E-state index contributed by atoms with van der Waals surface area (Å²) in [6, 6.07) is 23.3. The van der Waals surface area contributed by atoms with Crippen LogP contribution in [-0.4, -0.2) is 48.9 Å². The molecule has 0 spiro atoms. The minimum Gasteiger partial charge on any atom is -0.495 e. The van der Waals surface area contributed by atoms with Gasteiger partial charge in [-0.15, -0.1) is 0 Å². The van der Waals surface area contributed by atoms with Gasteiger partial charge in [0.2, 0.25) is 0 Å². The van der Waals surface area contributed by atoms with Crippen molar-refractivity contribution in [2.24, 2.45) is 0 Å². The van der Waals surface area contributed by atoms with Gasteiger partial charge < -0.3 is 20.3 Å². The van der Waals surface area contributed by atoms with E-state index in [4.69, 9.17) is 4.74 Å². The standard InChI is InChI=1S/C28H32N6O2/c1-20-13-14-26(36-3)24(17-20)32-28(35)34-16-15-33(18-25(34)22-10-5-4-6-11-22)27(30-19-29)31-23-12-8-7-9-21(23)2/h4-14,17,25,27,30-31H,15-16,18H2,1-3H3,(H,32,35). The number of carbonyl (C=O) groups excluding carboxylic acids is 1. The fraction of sp³-hybridized carbons (Fsp3) is 0.286. The third-order valence-electron chi connectivity index (χ3n) is 6.46. The van der Waals surface area contributed by atoms with Crippen molar-refractivity contribution in [1.82, 2.24) is 15.1 Å². The zero-order valence-electron chi connectivity index (χ0n) is 20.9. The smallest absolute Gasteiger partial charge is 0.322 e. The Morgan fingerprint density at radius 1 is 1.03 bits per heavy atom. The van der Waals surface area contributed by atoms with Crippen LogP contribution >= 0.6 is 0 Å². The van der Waals surface area contributed by atoms with Crippen LogP contribution in [0.15, 0.2) is 72.8 Å². The second-order valence-corrected chi connectivity index (χ2v) is 8.87. The summed E-state index contributed by atoms with van der Waals surface area (Å²) in [6.45, 7) is 5.62. The number of ether oxygens (including phenoxy) is 1. The van der Waals surface area contributed by atoms with Gasteiger partial charge in [0.05, 0.1) is 18.8 Å². The van der Waals surface area contributed by atoms with Crippen LogP contribution in [0.25, 0.3) is 0 Å². The van der Waals surface area contributed by atoms with Gasteiger partial charge in [0, 0.05) is 25.3 Å². The highest BCUT2D eigenvalue weighted by atomic mass is 16.5. The van der Waals surface area contributed by atoms with Crippen molar-refractivity contribution < 1.29 is 9.53 Å². The number of hydrogen-bond acceptors (Lipinski definition) is 6. The summed E-state index contributed by atoms with van der Waals surface area (Å²) in [5.74, 6) is 0.615. The van der Waals surface area contributed by atoms with Crippen molar-refractivity contribution in [3.05, 3.63) is 89.5 Å². The molecule has 36 heavy (non-hydrogen) atoms. The highest BCUT2D eigenvalue weighted by Gasteiger charge is 2.35. The lowest BCUT2D eigenvalue weighted by molar-refractivity contribution is 0.0733. The van der Waals surface area contributed by atoms with Gasteiger partial charge >= 0.3 is 6.03 Å². The van der Waals surface area contributed by atoms with Gasteiger partial charge in [0.25, 0.3) is 0 Å². The molecule has 1 heterocycles. The molecule has 0 saturated carbocycles. The summed E-state index contributed by atoms with van der Waals surface area (Å²) < 4.78 is 5.45. The normalized spacial score (nSPS) is 16.5. The average molecular weight is 485 g/mol. The van der Waals surface area contributed by atoms with E-state index >= 15 is 0 Å². The first-order valence-corrected chi connectivity index (χ1v) is 12.0. The number of piperazine rings is 1. The fourth-order valence-corrected chi connectivity index (χ4v) is 4.51. The number of rotatable bonds is 7. The average Bonchev–Trinajstić information content (AvgIpc) is 2.90. The van der Waals surface area contributed by atoms with Crippen LogP contribution in [0.1, 0.15) is 22.7 Å². The number of para-hydroxylation sites is 1. The van der Waals surface area contributed by atoms with E-state index in [0.717, 1.165) is 22.4 Å². The summed E-state index contributed by atoms with van der Waals surface area (Å²) in [4.78, 5) is 17.5. The number of aryl methyl sites for hydroxylation is 2. The SMILES string of the molecule is COc1ccc(C)cc1NC(=O)N1CCN(C(NC#N)Nc2ccccc2C)CC1c1ccccc1. The first-order chi connectivity index (χ1) is 17.5. The summed E-state index contributed by atoms with van der Waals surface area (Å²) in [7, 11) is 1.59. The van der Waals surface area contributed by atoms with Crippen LogP contribution < -0.4 is 20.7 Å². The fourth-order valence-electron chi connectivity index (χ4n) is 4.51. The van der Waals surface area contributed by atoms with Gasteiger partial charge in [0.1, 0.15) is 5.75 Å². The molecule has 2 amide bonds. The van der Waals surface area contributed by atoms with Crippen LogP contribution in [0.5, 0.6) is 5.75 Å². The van der Waals surface area contributed by atoms with E-state index in [-0.39, 0.29) is 12.1 Å². The van der Waals surface area contributed by atoms with E-state index in [1.807, 2.05) is 91.5 Å². The van der Waals surface area contributed by atoms with Crippen LogP contribution in [0.3, 0.4) is 0 Å². The Labute approximate surface area is 212 Å². The molecule has 8 heteroatoms. The Morgan fingerprint density at radius 3 is 2.50 bits per heavy atom. The van der Waals surface area contributed by atoms with E-state index in [0.29, 0.717) is 31.1 Å². The first kappa shape index (κ1) is 24.9. The molecular formula is C28H32N6O2. The van der Waals surface area contributed by atoms with Crippen LogP contribution in [0.4, 0.5) is 16.2 Å². The Bertz CT molecular complexity index is 1230. The monoisotopic (exact) mass is 484 g/mol. The molecule has 1 saturated heterocycles. The number of nitrogens with one attached hydrogen (secondary N) is 3. The number of methoxy groups -OCH3 is 1. The lowest BCUT2D eigenvalue weighted by Gasteiger charge is -2.44. The molecular weight excluding hydrogens is 452 g/mol. The van der Waals surface area contributed by atoms with E-state index in [1.165, 1.54) is 0 Å². The Balaban J connectivity index is 1.58. The molecule has 8 nitrogen and oxygen atoms in total. The summed E-state index contributed by atoms with van der Waals surface area (Å²) in [5.41, 5.74) is 4.74. The predicted molar refractivity (Wildman–Crippen MR) is 142 cm³/mol. The maximum atomic E-state index is 13.5. The summed E-state index contributed by atoms with van der Waals surface area (Å²) in [5, 5.41) is 18.8. The highest BCUT2D eigenvalue weighted by molar-refractivity contribution is 5.91. The lowest BCUT2D eigenvalue weighted by atomic mass is 10.0. The van der Waals surface area contributed by atoms with Gasteiger partial charge in [-0.3, -0.25) is 10.2 Å². The number of urea groups is 1. The number of nitrogens with zero attached hydrogens (tertiary/aromatic N) is 3. The van der Waals surface area contributed by atoms with Crippen LogP contribution in [-0.2, 0) is 0 Å². The number of amides is 2. The zero-order valence-corrected chi connectivity index (χ0v) is 20.9. The second-order valence-electron chi connectivity index (χ2n) is 8.87. The maximum absolute atomic E-state index is 13.5. The Kier molecular flexibility index (Phi) is 7.93. The Hall–Kier alpha value is -4.22. The second kappa shape index (κ2) is 11.5. The summed E-state index contributed by atoms with van der Waals surface area (Å²) >= 11 is 0. The van der Waals surface area contributed by atoms with Gasteiger partial charge in [-0.1, -0.05) is 54.6 Å². The van der Waals surface area contributed by atoms with Gasteiger partial charge in [-0.05, 0) is 48.7 Å². The van der Waals surface area contributed by atoms with Crippen molar-refractivity contribution in [1.29, 1.82) is 5.26 Å².